The van der Waals surface area contributed by atoms with E-state index in [2.05, 4.69) is 15.3 Å². The van der Waals surface area contributed by atoms with Crippen molar-refractivity contribution in [1.82, 2.24) is 24.4 Å². The van der Waals surface area contributed by atoms with E-state index in [1.165, 1.54) is 10.6 Å². The lowest BCUT2D eigenvalue weighted by atomic mass is 10.1. The van der Waals surface area contributed by atoms with Gasteiger partial charge in [0.15, 0.2) is 4.77 Å². The van der Waals surface area contributed by atoms with E-state index in [1.807, 2.05) is 0 Å². The number of benzene rings is 2. The Kier molecular flexibility index (Phi) is 6.99. The summed E-state index contributed by atoms with van der Waals surface area (Å²) in [5.41, 5.74) is 1.64. The van der Waals surface area contributed by atoms with Gasteiger partial charge >= 0.3 is 0 Å². The molecule has 176 valence electrons. The molecule has 0 fully saturated rings. The molecular weight excluding hydrogens is 457 g/mol. The number of carbonyl (C=O) groups excluding carboxylic acids is 1. The molecule has 0 bridgehead atoms. The SMILES string of the molecule is COCCCn1c(=S)[nH]c2cc(C(=O)NCc3ccc(-n4ccnc4C)c(F)c3)ccc2c1=O. The Bertz CT molecular complexity index is 1470. The maximum atomic E-state index is 14.6. The van der Waals surface area contributed by atoms with Gasteiger partial charge in [0.05, 0.1) is 16.6 Å². The normalized spacial score (nSPS) is 11.1. The first-order valence-corrected chi connectivity index (χ1v) is 11.1. The summed E-state index contributed by atoms with van der Waals surface area (Å²) in [6.07, 6.45) is 3.95. The summed E-state index contributed by atoms with van der Waals surface area (Å²) in [4.78, 5) is 32.6. The highest BCUT2D eigenvalue weighted by Crippen LogP contribution is 2.17. The molecule has 0 aliphatic rings. The highest BCUT2D eigenvalue weighted by atomic mass is 32.1. The van der Waals surface area contributed by atoms with Crippen molar-refractivity contribution in [2.75, 3.05) is 13.7 Å². The number of H-pyrrole nitrogens is 1. The van der Waals surface area contributed by atoms with Crippen molar-refractivity contribution in [2.24, 2.45) is 0 Å². The lowest BCUT2D eigenvalue weighted by molar-refractivity contribution is 0.0951. The lowest BCUT2D eigenvalue weighted by Gasteiger charge is -2.11. The van der Waals surface area contributed by atoms with E-state index >= 15 is 0 Å². The van der Waals surface area contributed by atoms with Crippen molar-refractivity contribution < 1.29 is 13.9 Å². The van der Waals surface area contributed by atoms with E-state index in [-0.39, 0.29) is 22.8 Å². The van der Waals surface area contributed by atoms with Gasteiger partial charge in [-0.1, -0.05) is 6.07 Å². The van der Waals surface area contributed by atoms with Crippen LogP contribution in [-0.4, -0.2) is 38.7 Å². The van der Waals surface area contributed by atoms with Crippen LogP contribution in [0.1, 0.15) is 28.2 Å². The number of imidazole rings is 1. The molecule has 1 amide bonds. The van der Waals surface area contributed by atoms with Crippen LogP contribution in [-0.2, 0) is 17.8 Å². The molecule has 8 nitrogen and oxygen atoms in total. The number of fused-ring (bicyclic) bond motifs is 1. The number of ether oxygens (including phenoxy) is 1. The molecule has 2 aromatic carbocycles. The second-order valence-corrected chi connectivity index (χ2v) is 8.19. The maximum Gasteiger partial charge on any atom is 0.262 e. The number of amides is 1. The monoisotopic (exact) mass is 481 g/mol. The molecule has 10 heteroatoms. The average Bonchev–Trinajstić information content (AvgIpc) is 3.24. The van der Waals surface area contributed by atoms with Crippen LogP contribution in [0.4, 0.5) is 4.39 Å². The second kappa shape index (κ2) is 10.1. The fraction of sp³-hybridized carbons (Fsp3) is 0.250. The minimum atomic E-state index is -0.409. The highest BCUT2D eigenvalue weighted by molar-refractivity contribution is 7.71. The third kappa shape index (κ3) is 4.82. The van der Waals surface area contributed by atoms with Gasteiger partial charge in [-0.25, -0.2) is 9.37 Å². The molecule has 0 atom stereocenters. The average molecular weight is 482 g/mol. The number of halogens is 1. The van der Waals surface area contributed by atoms with Gasteiger partial charge in [0.25, 0.3) is 11.5 Å². The number of aromatic amines is 1. The topological polar surface area (TPSA) is 93.9 Å². The smallest absolute Gasteiger partial charge is 0.262 e. The number of hydrogen-bond donors (Lipinski definition) is 2. The summed E-state index contributed by atoms with van der Waals surface area (Å²) in [7, 11) is 1.60. The van der Waals surface area contributed by atoms with Gasteiger partial charge in [-0.2, -0.15) is 0 Å². The van der Waals surface area contributed by atoms with Crippen molar-refractivity contribution >= 4 is 29.0 Å². The molecule has 0 aliphatic carbocycles. The second-order valence-electron chi connectivity index (χ2n) is 7.81. The summed E-state index contributed by atoms with van der Waals surface area (Å²) in [6, 6.07) is 9.57. The number of nitrogens with zero attached hydrogens (tertiary/aromatic N) is 3. The van der Waals surface area contributed by atoms with Gasteiger partial charge < -0.3 is 19.6 Å². The Labute approximate surface area is 200 Å². The largest absolute Gasteiger partial charge is 0.385 e. The van der Waals surface area contributed by atoms with Gasteiger partial charge in [0, 0.05) is 44.8 Å². The number of hydrogen-bond acceptors (Lipinski definition) is 5. The first-order chi connectivity index (χ1) is 16.4. The zero-order valence-corrected chi connectivity index (χ0v) is 19.6. The lowest BCUT2D eigenvalue weighted by Crippen LogP contribution is -2.25. The minimum Gasteiger partial charge on any atom is -0.385 e. The zero-order valence-electron chi connectivity index (χ0n) is 18.8. The van der Waals surface area contributed by atoms with E-state index in [0.29, 0.717) is 53.1 Å². The van der Waals surface area contributed by atoms with Crippen LogP contribution in [0.25, 0.3) is 16.6 Å². The Morgan fingerprint density at radius 1 is 1.26 bits per heavy atom. The molecule has 0 saturated carbocycles. The summed E-state index contributed by atoms with van der Waals surface area (Å²) < 4.78 is 23.1. The number of rotatable bonds is 8. The Morgan fingerprint density at radius 2 is 2.09 bits per heavy atom. The Hall–Kier alpha value is -3.63. The first-order valence-electron chi connectivity index (χ1n) is 10.7. The summed E-state index contributed by atoms with van der Waals surface area (Å²) in [5.74, 6) is -0.0784. The van der Waals surface area contributed by atoms with Gasteiger partial charge in [-0.3, -0.25) is 14.2 Å². The van der Waals surface area contributed by atoms with Crippen LogP contribution < -0.4 is 10.9 Å². The number of aromatic nitrogens is 4. The Morgan fingerprint density at radius 3 is 2.79 bits per heavy atom. The molecule has 4 rings (SSSR count). The van der Waals surface area contributed by atoms with Crippen LogP contribution in [0.2, 0.25) is 0 Å². The molecule has 4 aromatic rings. The van der Waals surface area contributed by atoms with Crippen LogP contribution in [0.5, 0.6) is 0 Å². The maximum absolute atomic E-state index is 14.6. The molecule has 0 spiro atoms. The molecular formula is C24H24FN5O3S. The van der Waals surface area contributed by atoms with Crippen LogP contribution in [0.3, 0.4) is 0 Å². The summed E-state index contributed by atoms with van der Waals surface area (Å²) in [6.45, 7) is 2.90. The summed E-state index contributed by atoms with van der Waals surface area (Å²) in [5, 5.41) is 3.23. The van der Waals surface area contributed by atoms with E-state index in [4.69, 9.17) is 17.0 Å². The fourth-order valence-corrected chi connectivity index (χ4v) is 4.02. The van der Waals surface area contributed by atoms with E-state index in [9.17, 15) is 14.0 Å². The highest BCUT2D eigenvalue weighted by Gasteiger charge is 2.12. The van der Waals surface area contributed by atoms with Crippen molar-refractivity contribution in [3.05, 3.63) is 86.7 Å². The molecule has 34 heavy (non-hydrogen) atoms. The van der Waals surface area contributed by atoms with Crippen molar-refractivity contribution in [3.8, 4) is 5.69 Å². The molecule has 2 heterocycles. The van der Waals surface area contributed by atoms with Crippen LogP contribution in [0.15, 0.2) is 53.6 Å². The molecule has 0 aliphatic heterocycles. The number of methoxy groups -OCH3 is 1. The quantitative estimate of drug-likeness (QED) is 0.296. The molecule has 2 N–H and O–H groups in total. The minimum absolute atomic E-state index is 0.147. The molecule has 0 radical (unpaired) electrons. The Balaban J connectivity index is 1.49. The van der Waals surface area contributed by atoms with Gasteiger partial charge in [-0.15, -0.1) is 0 Å². The van der Waals surface area contributed by atoms with Crippen molar-refractivity contribution in [3.63, 3.8) is 0 Å². The van der Waals surface area contributed by atoms with Crippen LogP contribution >= 0.6 is 12.2 Å². The predicted molar refractivity (Wildman–Crippen MR) is 129 cm³/mol. The molecule has 0 unspecified atom stereocenters. The molecule has 2 aromatic heterocycles. The number of carbonyl (C=O) groups is 1. The van der Waals surface area contributed by atoms with Gasteiger partial charge in [0.1, 0.15) is 11.6 Å². The van der Waals surface area contributed by atoms with Crippen LogP contribution in [0, 0.1) is 17.5 Å². The third-order valence-corrected chi connectivity index (χ3v) is 5.85. The van der Waals surface area contributed by atoms with E-state index < -0.39 is 5.82 Å². The fourth-order valence-electron chi connectivity index (χ4n) is 3.74. The third-order valence-electron chi connectivity index (χ3n) is 5.52. The van der Waals surface area contributed by atoms with E-state index in [0.717, 1.165) is 0 Å². The van der Waals surface area contributed by atoms with Crippen molar-refractivity contribution in [1.29, 1.82) is 0 Å². The first kappa shape index (κ1) is 23.5. The van der Waals surface area contributed by atoms with Gasteiger partial charge in [-0.05, 0) is 61.5 Å². The van der Waals surface area contributed by atoms with E-state index in [1.54, 1.807) is 61.3 Å². The number of nitrogens with one attached hydrogen (secondary N) is 2. The van der Waals surface area contributed by atoms with Gasteiger partial charge in [0.2, 0.25) is 0 Å². The molecule has 0 saturated heterocycles. The predicted octanol–water partition coefficient (Wildman–Crippen LogP) is 3.66. The van der Waals surface area contributed by atoms with Crippen molar-refractivity contribution in [2.45, 2.75) is 26.4 Å². The zero-order chi connectivity index (χ0) is 24.2. The summed E-state index contributed by atoms with van der Waals surface area (Å²) >= 11 is 5.33. The number of aryl methyl sites for hydroxylation is 1. The standard InChI is InChI=1S/C24H24FN5O3S/c1-15-26-8-10-29(15)21-7-4-16(12-19(21)25)14-27-22(31)17-5-6-18-20(13-17)28-24(34)30(23(18)32)9-3-11-33-2/h4-8,10,12-13H,3,9,11,14H2,1-2H3,(H,27,31)(H,28,34).